The third-order valence-corrected chi connectivity index (χ3v) is 19.3. The van der Waals surface area contributed by atoms with Crippen LogP contribution in [-0.4, -0.2) is 188 Å². The number of ether oxygens (including phenoxy) is 6. The highest BCUT2D eigenvalue weighted by Crippen LogP contribution is 2.55. The molecule has 2 heterocycles. The summed E-state index contributed by atoms with van der Waals surface area (Å²) in [5.74, 6) is -5.23. The van der Waals surface area contributed by atoms with Gasteiger partial charge in [-0.3, -0.25) is 33.0 Å². The van der Waals surface area contributed by atoms with Crippen LogP contribution in [0.5, 0.6) is 0 Å². The van der Waals surface area contributed by atoms with Crippen molar-refractivity contribution >= 4 is 107 Å². The Bertz CT molecular complexity index is 3200. The van der Waals surface area contributed by atoms with Gasteiger partial charge in [0.25, 0.3) is 10.1 Å². The molecule has 0 spiro atoms. The summed E-state index contributed by atoms with van der Waals surface area (Å²) in [5.41, 5.74) is 0. The van der Waals surface area contributed by atoms with E-state index >= 15 is 0 Å². The normalized spacial score (nSPS) is 21.6. The highest BCUT2D eigenvalue weighted by Gasteiger charge is 2.59. The van der Waals surface area contributed by atoms with Gasteiger partial charge in [0.05, 0.1) is 50.3 Å². The van der Waals surface area contributed by atoms with Gasteiger partial charge in [-0.2, -0.15) is 8.42 Å². The number of benzene rings is 3. The summed E-state index contributed by atoms with van der Waals surface area (Å²) in [5, 5.41) is 2.49. The van der Waals surface area contributed by atoms with Crippen molar-refractivity contribution in [2.45, 2.75) is 192 Å². The standard InChI is InChI=1S/C10H8.C8H10O2.C7H10O3S.C7H12.C6H6.5C4H8O5S.5C2H6/c1-2-6-10-8-4-3-7-9(10)5-1;9-8-6-2-4-1-5(6)7(3-4)10-8;8-11(9)7-3-4-1-5(7)6(2-4)10-11;1-2-7-4-3-6(1)5-7;1-2-4-6-5-3-1;5*1-2-9-4(5)3-10(6,7)8;5*1-2/h1-8H;4-7H,1-3H2;4-7H,1-3H2;6-7H,1-5H2;1-6H;5*2-3H2,1H3,(H,6,7,8);5*1-2H3/p-5. The predicted octanol–water partition coefficient (Wildman–Crippen LogP) is 8.80. The molecule has 104 heavy (non-hydrogen) atoms. The fourth-order valence-corrected chi connectivity index (χ4v) is 15.1. The largest absolute Gasteiger partial charge is 0.748 e. The van der Waals surface area contributed by atoms with Gasteiger partial charge in [0.2, 0.25) is 0 Å². The second kappa shape index (κ2) is 56.5. The van der Waals surface area contributed by atoms with Crippen LogP contribution in [0.4, 0.5) is 0 Å². The Morgan fingerprint density at radius 1 is 0.375 bits per heavy atom. The first kappa shape index (κ1) is 105. The lowest BCUT2D eigenvalue weighted by Gasteiger charge is -2.11. The first-order valence-corrected chi connectivity index (χ1v) is 44.1. The van der Waals surface area contributed by atoms with Crippen molar-refractivity contribution in [2.75, 3.05) is 61.8 Å². The molecule has 0 radical (unpaired) electrons. The molecule has 3 aromatic rings. The van der Waals surface area contributed by atoms with Crippen LogP contribution in [0.1, 0.15) is 174 Å². The molecular formula is C68H111O30S6-5. The van der Waals surface area contributed by atoms with E-state index in [9.17, 15) is 102 Å². The van der Waals surface area contributed by atoms with Crippen LogP contribution in [0.15, 0.2) is 84.9 Å². The Kier molecular flexibility index (Phi) is 56.8. The van der Waals surface area contributed by atoms with Gasteiger partial charge in [-0.05, 0) is 114 Å². The van der Waals surface area contributed by atoms with E-state index in [2.05, 4.69) is 72.2 Å². The maximum absolute atomic E-state index is 11.3. The van der Waals surface area contributed by atoms with Crippen LogP contribution in [0.2, 0.25) is 0 Å². The van der Waals surface area contributed by atoms with Gasteiger partial charge >= 0.3 is 35.8 Å². The van der Waals surface area contributed by atoms with Gasteiger partial charge in [0.1, 0.15) is 85.5 Å². The molecule has 11 rings (SSSR count). The van der Waals surface area contributed by atoms with Crippen LogP contribution in [-0.2, 0) is 122 Å². The van der Waals surface area contributed by atoms with Crippen molar-refractivity contribution in [3.05, 3.63) is 84.9 Å². The van der Waals surface area contributed by atoms with Gasteiger partial charge in [-0.25, -0.2) is 42.1 Å². The summed E-state index contributed by atoms with van der Waals surface area (Å²) in [6, 6.07) is 28.7. The third-order valence-electron chi connectivity index (χ3n) is 14.6. The summed E-state index contributed by atoms with van der Waals surface area (Å²) >= 11 is 0. The van der Waals surface area contributed by atoms with Crippen molar-refractivity contribution in [2.24, 2.45) is 41.4 Å². The molecule has 36 heteroatoms. The molecular weight excluding hydrogens is 1490 g/mol. The van der Waals surface area contributed by atoms with E-state index in [4.69, 9.17) is 8.92 Å². The minimum atomic E-state index is -4.47. The van der Waals surface area contributed by atoms with Crippen LogP contribution >= 0.6 is 0 Å². The Hall–Kier alpha value is -5.80. The van der Waals surface area contributed by atoms with Gasteiger partial charge in [-0.15, -0.1) is 0 Å². The number of hydrogen-bond donors (Lipinski definition) is 0. The Morgan fingerprint density at radius 3 is 0.827 bits per heavy atom. The zero-order valence-electron chi connectivity index (χ0n) is 62.4. The fraction of sp³-hybridized carbons (Fsp3) is 0.676. The minimum absolute atomic E-state index is 0.0590. The molecule has 6 aliphatic carbocycles. The molecule has 2 saturated heterocycles. The van der Waals surface area contributed by atoms with Gasteiger partial charge in [0.15, 0.2) is 0 Å². The monoisotopic (exact) mass is 1600 g/mol. The van der Waals surface area contributed by atoms with Crippen molar-refractivity contribution < 1.29 is 135 Å². The second-order valence-electron chi connectivity index (χ2n) is 21.9. The lowest BCUT2D eigenvalue weighted by atomic mass is 9.90. The molecule has 8 fully saturated rings. The maximum Gasteiger partial charge on any atom is 0.319 e. The number of carbonyl (C=O) groups is 6. The average molecular weight is 1600 g/mol. The molecule has 8 atom stereocenters. The molecule has 3 aromatic carbocycles. The second-order valence-corrected chi connectivity index (χ2v) is 30.7. The molecule has 0 amide bonds. The number of hydrogen-bond acceptors (Lipinski definition) is 30. The van der Waals surface area contributed by atoms with E-state index in [0.717, 1.165) is 38.0 Å². The molecule has 2 aliphatic heterocycles. The maximum atomic E-state index is 11.3. The summed E-state index contributed by atoms with van der Waals surface area (Å²) in [6.45, 7) is 28.0. The molecule has 30 nitrogen and oxygen atoms in total. The first-order chi connectivity index (χ1) is 48.7. The number of carbonyl (C=O) groups excluding carboxylic acids is 6. The zero-order valence-corrected chi connectivity index (χ0v) is 67.3. The molecule has 8 unspecified atom stereocenters. The quantitative estimate of drug-likeness (QED) is 0.0593. The van der Waals surface area contributed by atoms with E-state index in [-0.39, 0.29) is 50.4 Å². The molecule has 6 bridgehead atoms. The van der Waals surface area contributed by atoms with Crippen LogP contribution in [0.25, 0.3) is 10.8 Å². The summed E-state index contributed by atoms with van der Waals surface area (Å²) in [6.07, 6.45) is 14.7. The molecule has 0 aromatic heterocycles. The van der Waals surface area contributed by atoms with Crippen LogP contribution < -0.4 is 0 Å². The third kappa shape index (κ3) is 50.7. The van der Waals surface area contributed by atoms with Gasteiger partial charge < -0.3 is 51.2 Å². The smallest absolute Gasteiger partial charge is 0.319 e. The van der Waals surface area contributed by atoms with E-state index < -0.39 is 119 Å². The lowest BCUT2D eigenvalue weighted by molar-refractivity contribution is -0.144. The van der Waals surface area contributed by atoms with Crippen molar-refractivity contribution in [1.29, 1.82) is 0 Å². The number of rotatable bonds is 15. The first-order valence-electron chi connectivity index (χ1n) is 34.7. The number of esters is 6. The van der Waals surface area contributed by atoms with Crippen LogP contribution in [0, 0.1) is 41.4 Å². The SMILES string of the molecule is C1CC2CCC1C2.CC.CC.CC.CC.CC.CCOC(=O)CS(=O)(=O)[O-].CCOC(=O)CS(=O)(=O)[O-].CCOC(=O)CS(=O)(=O)[O-].CCOC(=O)CS(=O)(=O)[O-].CCOC(=O)CS(=O)(=O)[O-].O=C1OC2CC3CC1C2C3.O=S1(=O)OC2CC3CC2C1C3.c1ccc2ccccc2c1.c1ccccc1. The molecule has 0 N–H and O–H groups in total. The zero-order chi connectivity index (χ0) is 81.1. The highest BCUT2D eigenvalue weighted by atomic mass is 32.2. The topological polar surface area (TPSA) is 487 Å². The Labute approximate surface area is 618 Å². The Balaban J connectivity index is -0.000000528. The average Bonchev–Trinajstić information content (AvgIpc) is 1.59. The van der Waals surface area contributed by atoms with Crippen LogP contribution in [0.3, 0.4) is 0 Å². The highest BCUT2D eigenvalue weighted by molar-refractivity contribution is 7.88. The minimum Gasteiger partial charge on any atom is -0.748 e. The van der Waals surface area contributed by atoms with E-state index in [0.29, 0.717) is 29.8 Å². The van der Waals surface area contributed by atoms with Gasteiger partial charge in [-0.1, -0.05) is 180 Å². The van der Waals surface area contributed by atoms with E-state index in [1.807, 2.05) is 106 Å². The lowest BCUT2D eigenvalue weighted by Crippen LogP contribution is -2.21. The van der Waals surface area contributed by atoms with Crippen molar-refractivity contribution in [1.82, 2.24) is 0 Å². The molecule has 604 valence electrons. The van der Waals surface area contributed by atoms with Gasteiger partial charge in [0, 0.05) is 11.8 Å². The van der Waals surface area contributed by atoms with Crippen molar-refractivity contribution in [3.63, 3.8) is 0 Å². The number of fused-ring (bicyclic) bond motifs is 5. The summed E-state index contributed by atoms with van der Waals surface area (Å²) < 4.78 is 202. The fourth-order valence-electron chi connectivity index (χ4n) is 11.3. The summed E-state index contributed by atoms with van der Waals surface area (Å²) in [4.78, 5) is 62.4. The Morgan fingerprint density at radius 2 is 0.635 bits per heavy atom. The molecule has 8 aliphatic rings. The van der Waals surface area contributed by atoms with Crippen molar-refractivity contribution in [3.8, 4) is 0 Å². The molecule has 6 saturated carbocycles. The summed E-state index contributed by atoms with van der Waals surface area (Å²) in [7, 11) is -25.5. The van der Waals surface area contributed by atoms with E-state index in [1.165, 1.54) is 63.6 Å². The van der Waals surface area contributed by atoms with E-state index in [1.54, 1.807) is 32.1 Å². The predicted molar refractivity (Wildman–Crippen MR) is 386 cm³/mol.